The number of ether oxygens (including phenoxy) is 2. The minimum Gasteiger partial charge on any atom is -0.489 e. The summed E-state index contributed by atoms with van der Waals surface area (Å²) >= 11 is 5.90. The van der Waals surface area contributed by atoms with Crippen molar-refractivity contribution in [1.82, 2.24) is 10.6 Å². The number of carbonyl (C=O) groups excluding carboxylic acids is 1. The molecular formula is C27H29ClN2O3. The molecule has 1 amide bonds. The van der Waals surface area contributed by atoms with Gasteiger partial charge in [0, 0.05) is 18.1 Å². The van der Waals surface area contributed by atoms with E-state index in [4.69, 9.17) is 21.1 Å². The van der Waals surface area contributed by atoms with E-state index in [1.165, 1.54) is 5.56 Å². The van der Waals surface area contributed by atoms with Gasteiger partial charge in [0.1, 0.15) is 12.4 Å². The maximum Gasteiger partial charge on any atom is 0.237 e. The van der Waals surface area contributed by atoms with E-state index in [2.05, 4.69) is 41.8 Å². The third kappa shape index (κ3) is 7.06. The molecule has 3 aromatic carbocycles. The molecule has 33 heavy (non-hydrogen) atoms. The standard InChI is InChI=1S/C27H29ClN2O3/c1-19-2-4-21(5-3-19)17-32-24-12-8-22(9-13-24)18-33-25-14-26(29-16-25)27(31)30-15-20-6-10-23(28)11-7-20/h2-13,25-26,29H,14-18H2,1H3,(H,30,31)/t25-,26+/m1/s1. The predicted octanol–water partition coefficient (Wildman–Crippen LogP) is 4.79. The van der Waals surface area contributed by atoms with E-state index in [1.54, 1.807) is 0 Å². The number of halogens is 1. The van der Waals surface area contributed by atoms with E-state index in [-0.39, 0.29) is 18.1 Å². The molecule has 1 fully saturated rings. The third-order valence-corrected chi connectivity index (χ3v) is 5.97. The summed E-state index contributed by atoms with van der Waals surface area (Å²) in [7, 11) is 0. The highest BCUT2D eigenvalue weighted by Crippen LogP contribution is 2.18. The van der Waals surface area contributed by atoms with Gasteiger partial charge in [-0.2, -0.15) is 0 Å². The first-order chi connectivity index (χ1) is 16.0. The van der Waals surface area contributed by atoms with Crippen LogP contribution in [0.5, 0.6) is 5.75 Å². The Labute approximate surface area is 200 Å². The van der Waals surface area contributed by atoms with Crippen LogP contribution in [0.15, 0.2) is 72.8 Å². The normalized spacial score (nSPS) is 17.6. The second-order valence-electron chi connectivity index (χ2n) is 8.39. The van der Waals surface area contributed by atoms with Crippen molar-refractivity contribution in [2.75, 3.05) is 6.54 Å². The average Bonchev–Trinajstić information content (AvgIpc) is 3.32. The van der Waals surface area contributed by atoms with Crippen LogP contribution in [0.1, 0.15) is 28.7 Å². The molecule has 5 nitrogen and oxygen atoms in total. The molecule has 3 aromatic rings. The van der Waals surface area contributed by atoms with Crippen LogP contribution >= 0.6 is 11.6 Å². The zero-order chi connectivity index (χ0) is 23.0. The summed E-state index contributed by atoms with van der Waals surface area (Å²) in [5.41, 5.74) is 4.48. The molecular weight excluding hydrogens is 436 g/mol. The average molecular weight is 465 g/mol. The SMILES string of the molecule is Cc1ccc(COc2ccc(CO[C@H]3CN[C@H](C(=O)NCc4ccc(Cl)cc4)C3)cc2)cc1. The fourth-order valence-corrected chi connectivity index (χ4v) is 3.82. The number of benzene rings is 3. The van der Waals surface area contributed by atoms with Crippen LogP contribution in [0.4, 0.5) is 0 Å². The van der Waals surface area contributed by atoms with Crippen molar-refractivity contribution in [3.05, 3.63) is 100 Å². The Bertz CT molecular complexity index is 1040. The van der Waals surface area contributed by atoms with Crippen molar-refractivity contribution in [3.63, 3.8) is 0 Å². The molecule has 0 aliphatic carbocycles. The monoisotopic (exact) mass is 464 g/mol. The van der Waals surface area contributed by atoms with Gasteiger partial charge >= 0.3 is 0 Å². The molecule has 0 spiro atoms. The van der Waals surface area contributed by atoms with Crippen LogP contribution in [-0.4, -0.2) is 24.6 Å². The number of carbonyl (C=O) groups is 1. The topological polar surface area (TPSA) is 59.6 Å². The number of aryl methyl sites for hydroxylation is 1. The van der Waals surface area contributed by atoms with Gasteiger partial charge in [0.2, 0.25) is 5.91 Å². The Kier molecular flexibility index (Phi) is 8.00. The largest absolute Gasteiger partial charge is 0.489 e. The maximum atomic E-state index is 12.5. The van der Waals surface area contributed by atoms with Gasteiger partial charge in [-0.05, 0) is 54.3 Å². The molecule has 0 bridgehead atoms. The molecule has 0 unspecified atom stereocenters. The lowest BCUT2D eigenvalue weighted by molar-refractivity contribution is -0.123. The van der Waals surface area contributed by atoms with Crippen LogP contribution in [0, 0.1) is 6.92 Å². The highest BCUT2D eigenvalue weighted by atomic mass is 35.5. The van der Waals surface area contributed by atoms with Crippen LogP contribution in [0.25, 0.3) is 0 Å². The summed E-state index contributed by atoms with van der Waals surface area (Å²) < 4.78 is 11.9. The molecule has 4 rings (SSSR count). The molecule has 1 aliphatic rings. The van der Waals surface area contributed by atoms with Gasteiger partial charge in [-0.1, -0.05) is 65.7 Å². The van der Waals surface area contributed by atoms with Crippen molar-refractivity contribution >= 4 is 17.5 Å². The van der Waals surface area contributed by atoms with Crippen molar-refractivity contribution in [2.24, 2.45) is 0 Å². The number of hydrogen-bond donors (Lipinski definition) is 2. The smallest absolute Gasteiger partial charge is 0.237 e. The molecule has 0 saturated carbocycles. The van der Waals surface area contributed by atoms with Crippen LogP contribution < -0.4 is 15.4 Å². The van der Waals surface area contributed by atoms with E-state index >= 15 is 0 Å². The summed E-state index contributed by atoms with van der Waals surface area (Å²) in [5, 5.41) is 6.92. The van der Waals surface area contributed by atoms with Crippen LogP contribution in [0.3, 0.4) is 0 Å². The minimum absolute atomic E-state index is 0.00810. The highest BCUT2D eigenvalue weighted by molar-refractivity contribution is 6.30. The Hall–Kier alpha value is -2.86. The lowest BCUT2D eigenvalue weighted by atomic mass is 10.1. The molecule has 6 heteroatoms. The quantitative estimate of drug-likeness (QED) is 0.478. The Morgan fingerprint density at radius 3 is 2.30 bits per heavy atom. The predicted molar refractivity (Wildman–Crippen MR) is 130 cm³/mol. The van der Waals surface area contributed by atoms with Crippen LogP contribution in [-0.2, 0) is 29.3 Å². The number of hydrogen-bond acceptors (Lipinski definition) is 4. The highest BCUT2D eigenvalue weighted by Gasteiger charge is 2.29. The molecule has 1 aliphatic heterocycles. The molecule has 1 heterocycles. The fraction of sp³-hybridized carbons (Fsp3) is 0.296. The number of rotatable bonds is 9. The summed E-state index contributed by atoms with van der Waals surface area (Å²) in [6.45, 7) is 4.27. The first-order valence-corrected chi connectivity index (χ1v) is 11.6. The Morgan fingerprint density at radius 1 is 0.939 bits per heavy atom. The zero-order valence-corrected chi connectivity index (χ0v) is 19.5. The van der Waals surface area contributed by atoms with Gasteiger partial charge in [-0.3, -0.25) is 4.79 Å². The number of nitrogens with one attached hydrogen (secondary N) is 2. The van der Waals surface area contributed by atoms with E-state index in [0.717, 1.165) is 22.4 Å². The number of amides is 1. The summed E-state index contributed by atoms with van der Waals surface area (Å²) in [6.07, 6.45) is 0.665. The fourth-order valence-electron chi connectivity index (χ4n) is 3.69. The first-order valence-electron chi connectivity index (χ1n) is 11.2. The second-order valence-corrected chi connectivity index (χ2v) is 8.83. The molecule has 0 aromatic heterocycles. The first kappa shape index (κ1) is 23.3. The summed E-state index contributed by atoms with van der Waals surface area (Å²) in [5.74, 6) is 0.824. The molecule has 0 radical (unpaired) electrons. The van der Waals surface area contributed by atoms with Gasteiger partial charge in [0.05, 0.1) is 18.8 Å². The van der Waals surface area contributed by atoms with Crippen molar-refractivity contribution in [2.45, 2.75) is 45.2 Å². The van der Waals surface area contributed by atoms with Gasteiger partial charge in [-0.25, -0.2) is 0 Å². The molecule has 1 saturated heterocycles. The van der Waals surface area contributed by atoms with Gasteiger partial charge in [0.25, 0.3) is 0 Å². The van der Waals surface area contributed by atoms with Crippen LogP contribution in [0.2, 0.25) is 5.02 Å². The third-order valence-electron chi connectivity index (χ3n) is 5.72. The molecule has 2 atom stereocenters. The minimum atomic E-state index is -0.236. The van der Waals surface area contributed by atoms with Crippen molar-refractivity contribution < 1.29 is 14.3 Å². The lowest BCUT2D eigenvalue weighted by Crippen LogP contribution is -2.39. The maximum absolute atomic E-state index is 12.5. The summed E-state index contributed by atoms with van der Waals surface area (Å²) in [4.78, 5) is 12.5. The summed E-state index contributed by atoms with van der Waals surface area (Å²) in [6, 6.07) is 23.5. The van der Waals surface area contributed by atoms with Crippen molar-refractivity contribution in [3.8, 4) is 5.75 Å². The van der Waals surface area contributed by atoms with Crippen molar-refractivity contribution in [1.29, 1.82) is 0 Å². The second kappa shape index (κ2) is 11.3. The van der Waals surface area contributed by atoms with Gasteiger partial charge in [-0.15, -0.1) is 0 Å². The van der Waals surface area contributed by atoms with E-state index in [0.29, 0.717) is 37.7 Å². The Morgan fingerprint density at radius 2 is 1.58 bits per heavy atom. The zero-order valence-electron chi connectivity index (χ0n) is 18.7. The Balaban J connectivity index is 1.17. The van der Waals surface area contributed by atoms with Gasteiger partial charge in [0.15, 0.2) is 0 Å². The molecule has 2 N–H and O–H groups in total. The van der Waals surface area contributed by atoms with E-state index < -0.39 is 0 Å². The van der Waals surface area contributed by atoms with E-state index in [1.807, 2.05) is 48.5 Å². The van der Waals surface area contributed by atoms with Gasteiger partial charge < -0.3 is 20.1 Å². The lowest BCUT2D eigenvalue weighted by Gasteiger charge is -2.13. The van der Waals surface area contributed by atoms with E-state index in [9.17, 15) is 4.79 Å². The molecule has 172 valence electrons.